The third-order valence-electron chi connectivity index (χ3n) is 2.41. The van der Waals surface area contributed by atoms with E-state index in [1.165, 1.54) is 5.56 Å². The van der Waals surface area contributed by atoms with Gasteiger partial charge in [-0.1, -0.05) is 24.3 Å². The van der Waals surface area contributed by atoms with Crippen molar-refractivity contribution in [2.75, 3.05) is 0 Å². The number of aryl methyl sites for hydroxylation is 1. The molecule has 2 atom stereocenters. The molecule has 2 rings (SSSR count). The summed E-state index contributed by atoms with van der Waals surface area (Å²) in [6.45, 7) is 0. The maximum atomic E-state index is 9.70. The number of hydrogen-bond acceptors (Lipinski definition) is 1. The van der Waals surface area contributed by atoms with Crippen LogP contribution in [0.4, 0.5) is 0 Å². The van der Waals surface area contributed by atoms with Crippen LogP contribution in [0.25, 0.3) is 0 Å². The highest BCUT2D eigenvalue weighted by molar-refractivity contribution is 6.21. The molecule has 0 aromatic heterocycles. The summed E-state index contributed by atoms with van der Waals surface area (Å²) >= 11 is 5.94. The van der Waals surface area contributed by atoms with Gasteiger partial charge < -0.3 is 5.11 Å². The van der Waals surface area contributed by atoms with Gasteiger partial charge in [0, 0.05) is 0 Å². The van der Waals surface area contributed by atoms with Crippen molar-refractivity contribution in [3.8, 4) is 0 Å². The first-order chi connectivity index (χ1) is 5.79. The van der Waals surface area contributed by atoms with Gasteiger partial charge >= 0.3 is 0 Å². The molecule has 1 aliphatic rings. The fraction of sp³-hybridized carbons (Fsp3) is 0.400. The molecule has 1 aliphatic carbocycles. The molecule has 64 valence electrons. The fourth-order valence-corrected chi connectivity index (χ4v) is 1.94. The molecule has 1 aromatic rings. The van der Waals surface area contributed by atoms with Gasteiger partial charge in [-0.15, -0.1) is 11.6 Å². The number of fused-ring (bicyclic) bond motifs is 1. The second kappa shape index (κ2) is 3.08. The van der Waals surface area contributed by atoms with Gasteiger partial charge in [-0.05, 0) is 24.0 Å². The summed E-state index contributed by atoms with van der Waals surface area (Å²) in [7, 11) is 0. The normalized spacial score (nSPS) is 28.2. The topological polar surface area (TPSA) is 20.2 Å². The van der Waals surface area contributed by atoms with Gasteiger partial charge in [-0.3, -0.25) is 0 Å². The number of aliphatic hydroxyl groups is 1. The Balaban J connectivity index is 2.42. The van der Waals surface area contributed by atoms with E-state index in [9.17, 15) is 5.11 Å². The molecule has 2 heteroatoms. The molecule has 0 aliphatic heterocycles. The summed E-state index contributed by atoms with van der Waals surface area (Å²) in [6, 6.07) is 7.95. The van der Waals surface area contributed by atoms with Crippen LogP contribution in [0, 0.1) is 0 Å². The van der Waals surface area contributed by atoms with Crippen LogP contribution in [0.2, 0.25) is 0 Å². The van der Waals surface area contributed by atoms with Crippen LogP contribution in [0.1, 0.15) is 23.7 Å². The molecule has 0 saturated heterocycles. The molecule has 1 N–H and O–H groups in total. The lowest BCUT2D eigenvalue weighted by atomic mass is 9.89. The molecule has 0 fully saturated rings. The number of benzene rings is 1. The standard InChI is InChI=1S/C10H11ClO/c11-9-6-5-7-3-1-2-4-8(7)10(9)12/h1-4,9-10,12H,5-6H2. The van der Waals surface area contributed by atoms with E-state index >= 15 is 0 Å². The second-order valence-corrected chi connectivity index (χ2v) is 3.76. The highest BCUT2D eigenvalue weighted by Gasteiger charge is 2.25. The number of halogens is 1. The molecule has 0 amide bonds. The lowest BCUT2D eigenvalue weighted by molar-refractivity contribution is 0.161. The average Bonchev–Trinajstić information content (AvgIpc) is 2.12. The van der Waals surface area contributed by atoms with E-state index in [2.05, 4.69) is 6.07 Å². The number of aliphatic hydroxyl groups excluding tert-OH is 1. The molecule has 0 bridgehead atoms. The highest BCUT2D eigenvalue weighted by atomic mass is 35.5. The smallest absolute Gasteiger partial charge is 0.0956 e. The number of hydrogen-bond donors (Lipinski definition) is 1. The molecule has 1 nitrogen and oxygen atoms in total. The lowest BCUT2D eigenvalue weighted by Gasteiger charge is -2.25. The van der Waals surface area contributed by atoms with Crippen molar-refractivity contribution in [1.82, 2.24) is 0 Å². The molecule has 1 aromatic carbocycles. The minimum atomic E-state index is -0.475. The Morgan fingerprint density at radius 2 is 2.08 bits per heavy atom. The van der Waals surface area contributed by atoms with Crippen molar-refractivity contribution in [3.63, 3.8) is 0 Å². The first kappa shape index (κ1) is 8.09. The van der Waals surface area contributed by atoms with Gasteiger partial charge in [0.05, 0.1) is 11.5 Å². The summed E-state index contributed by atoms with van der Waals surface area (Å²) in [5.74, 6) is 0. The maximum Gasteiger partial charge on any atom is 0.0956 e. The molecule has 0 heterocycles. The molecule has 0 radical (unpaired) electrons. The van der Waals surface area contributed by atoms with Gasteiger partial charge in [-0.2, -0.15) is 0 Å². The molecule has 12 heavy (non-hydrogen) atoms. The van der Waals surface area contributed by atoms with Crippen LogP contribution in [0.15, 0.2) is 24.3 Å². The number of rotatable bonds is 0. The summed E-state index contributed by atoms with van der Waals surface area (Å²) in [5.41, 5.74) is 2.24. The van der Waals surface area contributed by atoms with E-state index in [4.69, 9.17) is 11.6 Å². The van der Waals surface area contributed by atoms with Crippen molar-refractivity contribution in [3.05, 3.63) is 35.4 Å². The van der Waals surface area contributed by atoms with Crippen molar-refractivity contribution >= 4 is 11.6 Å². The van der Waals surface area contributed by atoms with Crippen LogP contribution in [-0.2, 0) is 6.42 Å². The first-order valence-corrected chi connectivity index (χ1v) is 4.62. The van der Waals surface area contributed by atoms with Crippen LogP contribution in [0.3, 0.4) is 0 Å². The highest BCUT2D eigenvalue weighted by Crippen LogP contribution is 2.32. The zero-order valence-electron chi connectivity index (χ0n) is 6.70. The van der Waals surface area contributed by atoms with Gasteiger partial charge in [0.1, 0.15) is 0 Å². The van der Waals surface area contributed by atoms with E-state index in [1.807, 2.05) is 18.2 Å². The monoisotopic (exact) mass is 182 g/mol. The van der Waals surface area contributed by atoms with Crippen LogP contribution < -0.4 is 0 Å². The van der Waals surface area contributed by atoms with E-state index in [0.717, 1.165) is 18.4 Å². The Hall–Kier alpha value is -0.530. The van der Waals surface area contributed by atoms with Crippen LogP contribution in [0.5, 0.6) is 0 Å². The Labute approximate surface area is 77.0 Å². The van der Waals surface area contributed by atoms with Gasteiger partial charge in [-0.25, -0.2) is 0 Å². The first-order valence-electron chi connectivity index (χ1n) is 4.19. The average molecular weight is 183 g/mol. The van der Waals surface area contributed by atoms with Crippen molar-refractivity contribution in [2.24, 2.45) is 0 Å². The van der Waals surface area contributed by atoms with E-state index in [-0.39, 0.29) is 5.38 Å². The second-order valence-electron chi connectivity index (χ2n) is 3.20. The maximum absolute atomic E-state index is 9.70. The summed E-state index contributed by atoms with van der Waals surface area (Å²) in [4.78, 5) is 0. The Morgan fingerprint density at radius 3 is 2.92 bits per heavy atom. The molecule has 0 spiro atoms. The lowest BCUT2D eigenvalue weighted by Crippen LogP contribution is -2.20. The summed E-state index contributed by atoms with van der Waals surface area (Å²) in [5, 5.41) is 9.59. The van der Waals surface area contributed by atoms with E-state index in [0.29, 0.717) is 0 Å². The largest absolute Gasteiger partial charge is 0.387 e. The predicted octanol–water partition coefficient (Wildman–Crippen LogP) is 2.27. The Morgan fingerprint density at radius 1 is 1.33 bits per heavy atom. The third-order valence-corrected chi connectivity index (χ3v) is 2.86. The van der Waals surface area contributed by atoms with Crippen molar-refractivity contribution < 1.29 is 5.11 Å². The van der Waals surface area contributed by atoms with E-state index in [1.54, 1.807) is 0 Å². The molecule has 0 saturated carbocycles. The van der Waals surface area contributed by atoms with Crippen molar-refractivity contribution in [1.29, 1.82) is 0 Å². The van der Waals surface area contributed by atoms with Gasteiger partial charge in [0.15, 0.2) is 0 Å². The van der Waals surface area contributed by atoms with Gasteiger partial charge in [0.25, 0.3) is 0 Å². The SMILES string of the molecule is OC1c2ccccc2CCC1Cl. The fourth-order valence-electron chi connectivity index (χ4n) is 1.70. The Kier molecular flexibility index (Phi) is 2.07. The minimum Gasteiger partial charge on any atom is -0.387 e. The zero-order chi connectivity index (χ0) is 8.55. The molecular weight excluding hydrogens is 172 g/mol. The Bertz CT molecular complexity index is 285. The van der Waals surface area contributed by atoms with Gasteiger partial charge in [0.2, 0.25) is 0 Å². The summed E-state index contributed by atoms with van der Waals surface area (Å²) in [6.07, 6.45) is 1.39. The summed E-state index contributed by atoms with van der Waals surface area (Å²) < 4.78 is 0. The predicted molar refractivity (Wildman–Crippen MR) is 49.4 cm³/mol. The molecule has 2 unspecified atom stereocenters. The zero-order valence-corrected chi connectivity index (χ0v) is 7.46. The quantitative estimate of drug-likeness (QED) is 0.611. The molecular formula is C10H11ClO. The van der Waals surface area contributed by atoms with Crippen molar-refractivity contribution in [2.45, 2.75) is 24.3 Å². The number of alkyl halides is 1. The minimum absolute atomic E-state index is 0.111. The van der Waals surface area contributed by atoms with Crippen LogP contribution >= 0.6 is 11.6 Å². The van der Waals surface area contributed by atoms with Crippen LogP contribution in [-0.4, -0.2) is 10.5 Å². The third kappa shape index (κ3) is 1.23. The van der Waals surface area contributed by atoms with E-state index < -0.39 is 6.10 Å².